The third kappa shape index (κ3) is 2.13. The number of nitrogens with two attached hydrogens (primary N) is 1. The fourth-order valence-corrected chi connectivity index (χ4v) is 0.948. The number of nitrogens with zero attached hydrogens (tertiary/aromatic N) is 3. The van der Waals surface area contributed by atoms with Gasteiger partial charge in [-0.05, 0) is 13.2 Å². The molecule has 0 aliphatic carbocycles. The van der Waals surface area contributed by atoms with Crippen LogP contribution >= 0.6 is 11.8 Å². The SMILES string of the molecule is CSc1ncnc(C(C)N)n1. The Labute approximate surface area is 69.6 Å². The van der Waals surface area contributed by atoms with E-state index in [2.05, 4.69) is 15.0 Å². The zero-order chi connectivity index (χ0) is 8.27. The summed E-state index contributed by atoms with van der Waals surface area (Å²) in [6.45, 7) is 1.85. The van der Waals surface area contributed by atoms with Crippen LogP contribution in [0.15, 0.2) is 11.5 Å². The Morgan fingerprint density at radius 1 is 1.55 bits per heavy atom. The molecule has 4 nitrogen and oxygen atoms in total. The predicted molar refractivity (Wildman–Crippen MR) is 44.2 cm³/mol. The van der Waals surface area contributed by atoms with Gasteiger partial charge in [-0.15, -0.1) is 0 Å². The topological polar surface area (TPSA) is 64.7 Å². The highest BCUT2D eigenvalue weighted by Gasteiger charge is 2.03. The van der Waals surface area contributed by atoms with E-state index in [4.69, 9.17) is 5.73 Å². The molecule has 5 heteroatoms. The van der Waals surface area contributed by atoms with Gasteiger partial charge < -0.3 is 5.73 Å². The van der Waals surface area contributed by atoms with Crippen LogP contribution < -0.4 is 5.73 Å². The third-order valence-electron chi connectivity index (χ3n) is 1.16. The number of aromatic nitrogens is 3. The van der Waals surface area contributed by atoms with Crippen molar-refractivity contribution in [3.05, 3.63) is 12.2 Å². The van der Waals surface area contributed by atoms with Crippen LogP contribution in [0.25, 0.3) is 0 Å². The largest absolute Gasteiger partial charge is 0.322 e. The maximum absolute atomic E-state index is 5.58. The van der Waals surface area contributed by atoms with Crippen molar-refractivity contribution < 1.29 is 0 Å². The molecule has 1 rings (SSSR count). The molecule has 60 valence electrons. The zero-order valence-corrected chi connectivity index (χ0v) is 7.30. The summed E-state index contributed by atoms with van der Waals surface area (Å²) < 4.78 is 0. The average molecular weight is 170 g/mol. The van der Waals surface area contributed by atoms with E-state index in [0.29, 0.717) is 11.0 Å². The van der Waals surface area contributed by atoms with Crippen molar-refractivity contribution in [2.24, 2.45) is 5.73 Å². The van der Waals surface area contributed by atoms with Gasteiger partial charge in [0.1, 0.15) is 12.2 Å². The van der Waals surface area contributed by atoms with Crippen molar-refractivity contribution in [3.63, 3.8) is 0 Å². The first-order valence-electron chi connectivity index (χ1n) is 3.22. The van der Waals surface area contributed by atoms with Gasteiger partial charge in [-0.2, -0.15) is 0 Å². The molecule has 0 fully saturated rings. The summed E-state index contributed by atoms with van der Waals surface area (Å²) in [6, 6.07) is -0.121. The maximum atomic E-state index is 5.58. The summed E-state index contributed by atoms with van der Waals surface area (Å²) in [5.74, 6) is 0.643. The molecule has 1 atom stereocenters. The highest BCUT2D eigenvalue weighted by molar-refractivity contribution is 7.98. The molecule has 2 N–H and O–H groups in total. The Bertz CT molecular complexity index is 238. The Kier molecular flexibility index (Phi) is 2.78. The first-order chi connectivity index (χ1) is 5.24. The van der Waals surface area contributed by atoms with E-state index in [9.17, 15) is 0 Å². The lowest BCUT2D eigenvalue weighted by atomic mass is 10.3. The maximum Gasteiger partial charge on any atom is 0.190 e. The van der Waals surface area contributed by atoms with Crippen molar-refractivity contribution in [2.45, 2.75) is 18.1 Å². The van der Waals surface area contributed by atoms with E-state index in [1.165, 1.54) is 18.1 Å². The average Bonchev–Trinajstić information content (AvgIpc) is 2.05. The molecule has 11 heavy (non-hydrogen) atoms. The van der Waals surface area contributed by atoms with Crippen molar-refractivity contribution in [3.8, 4) is 0 Å². The number of rotatable bonds is 2. The van der Waals surface area contributed by atoms with Crippen LogP contribution in [0.4, 0.5) is 0 Å². The lowest BCUT2D eigenvalue weighted by Gasteiger charge is -2.02. The second-order valence-corrected chi connectivity index (χ2v) is 2.89. The minimum atomic E-state index is -0.121. The molecule has 0 radical (unpaired) electrons. The van der Waals surface area contributed by atoms with E-state index < -0.39 is 0 Å². The highest BCUT2D eigenvalue weighted by Crippen LogP contribution is 2.08. The van der Waals surface area contributed by atoms with E-state index in [1.807, 2.05) is 13.2 Å². The standard InChI is InChI=1S/C6H10N4S/c1-4(7)5-8-3-9-6(10-5)11-2/h3-4H,7H2,1-2H3. The van der Waals surface area contributed by atoms with Crippen LogP contribution in [0.5, 0.6) is 0 Å². The molecule has 0 aliphatic heterocycles. The summed E-state index contributed by atoms with van der Waals surface area (Å²) in [7, 11) is 0. The molecule has 1 unspecified atom stereocenters. The van der Waals surface area contributed by atoms with E-state index in [0.717, 1.165) is 0 Å². The van der Waals surface area contributed by atoms with E-state index in [-0.39, 0.29) is 6.04 Å². The van der Waals surface area contributed by atoms with Crippen LogP contribution in [0.2, 0.25) is 0 Å². The zero-order valence-electron chi connectivity index (χ0n) is 6.48. The quantitative estimate of drug-likeness (QED) is 0.659. The Balaban J connectivity index is 2.91. The molecular formula is C6H10N4S. The molecular weight excluding hydrogens is 160 g/mol. The predicted octanol–water partition coefficient (Wildman–Crippen LogP) is 0.613. The van der Waals surface area contributed by atoms with E-state index in [1.54, 1.807) is 0 Å². The summed E-state index contributed by atoms with van der Waals surface area (Å²) in [5.41, 5.74) is 5.58. The minimum absolute atomic E-state index is 0.121. The fraction of sp³-hybridized carbons (Fsp3) is 0.500. The van der Waals surface area contributed by atoms with Gasteiger partial charge in [0.15, 0.2) is 5.16 Å². The van der Waals surface area contributed by atoms with Crippen LogP contribution in [-0.2, 0) is 0 Å². The number of thioether (sulfide) groups is 1. The van der Waals surface area contributed by atoms with Gasteiger partial charge in [-0.25, -0.2) is 15.0 Å². The summed E-state index contributed by atoms with van der Waals surface area (Å²) in [5, 5.41) is 0.715. The smallest absolute Gasteiger partial charge is 0.190 e. The molecule has 0 aliphatic rings. The molecule has 0 saturated carbocycles. The second kappa shape index (κ2) is 3.64. The lowest BCUT2D eigenvalue weighted by molar-refractivity contribution is 0.698. The van der Waals surface area contributed by atoms with Crippen molar-refractivity contribution in [1.29, 1.82) is 0 Å². The van der Waals surface area contributed by atoms with Gasteiger partial charge in [0.2, 0.25) is 0 Å². The van der Waals surface area contributed by atoms with Gasteiger partial charge >= 0.3 is 0 Å². The van der Waals surface area contributed by atoms with E-state index >= 15 is 0 Å². The van der Waals surface area contributed by atoms with Gasteiger partial charge in [-0.3, -0.25) is 0 Å². The Morgan fingerprint density at radius 3 is 2.82 bits per heavy atom. The number of hydrogen-bond donors (Lipinski definition) is 1. The summed E-state index contributed by atoms with van der Waals surface area (Å²) in [6.07, 6.45) is 3.40. The summed E-state index contributed by atoms with van der Waals surface area (Å²) >= 11 is 1.48. The van der Waals surface area contributed by atoms with Crippen molar-refractivity contribution in [2.75, 3.05) is 6.26 Å². The molecule has 0 bridgehead atoms. The van der Waals surface area contributed by atoms with Crippen LogP contribution in [-0.4, -0.2) is 21.2 Å². The highest BCUT2D eigenvalue weighted by atomic mass is 32.2. The van der Waals surface area contributed by atoms with Gasteiger partial charge in [-0.1, -0.05) is 11.8 Å². The monoisotopic (exact) mass is 170 g/mol. The molecule has 0 aromatic carbocycles. The summed E-state index contributed by atoms with van der Waals surface area (Å²) in [4.78, 5) is 12.0. The van der Waals surface area contributed by atoms with Crippen molar-refractivity contribution in [1.82, 2.24) is 15.0 Å². The first-order valence-corrected chi connectivity index (χ1v) is 4.45. The van der Waals surface area contributed by atoms with Gasteiger partial charge in [0.25, 0.3) is 0 Å². The second-order valence-electron chi connectivity index (χ2n) is 2.12. The van der Waals surface area contributed by atoms with Crippen LogP contribution in [0, 0.1) is 0 Å². The molecule has 1 aromatic heterocycles. The van der Waals surface area contributed by atoms with Crippen LogP contribution in [0.1, 0.15) is 18.8 Å². The lowest BCUT2D eigenvalue weighted by Crippen LogP contribution is -2.10. The normalized spacial score (nSPS) is 13.0. The minimum Gasteiger partial charge on any atom is -0.322 e. The molecule has 1 aromatic rings. The fourth-order valence-electron chi connectivity index (χ4n) is 0.611. The molecule has 0 spiro atoms. The van der Waals surface area contributed by atoms with Gasteiger partial charge in [0, 0.05) is 0 Å². The third-order valence-corrected chi connectivity index (χ3v) is 1.72. The van der Waals surface area contributed by atoms with Gasteiger partial charge in [0.05, 0.1) is 6.04 Å². The molecule has 0 amide bonds. The van der Waals surface area contributed by atoms with Crippen molar-refractivity contribution >= 4 is 11.8 Å². The molecule has 1 heterocycles. The number of hydrogen-bond acceptors (Lipinski definition) is 5. The Morgan fingerprint density at radius 2 is 2.27 bits per heavy atom. The Hall–Kier alpha value is -0.680. The first kappa shape index (κ1) is 8.42. The van der Waals surface area contributed by atoms with Crippen LogP contribution in [0.3, 0.4) is 0 Å². The molecule has 0 saturated heterocycles.